The van der Waals surface area contributed by atoms with E-state index in [4.69, 9.17) is 5.11 Å². The Kier molecular flexibility index (Phi) is 2.97. The van der Waals surface area contributed by atoms with Gasteiger partial charge in [0, 0.05) is 11.6 Å². The Balaban J connectivity index is 2.57. The zero-order chi connectivity index (χ0) is 13.3. The van der Waals surface area contributed by atoms with Crippen molar-refractivity contribution in [3.63, 3.8) is 0 Å². The summed E-state index contributed by atoms with van der Waals surface area (Å²) in [5.74, 6) is -2.85. The van der Waals surface area contributed by atoms with Crippen LogP contribution in [0.25, 0.3) is 11.3 Å². The molecule has 0 saturated carbocycles. The molecule has 1 heterocycles. The number of rotatable bonds is 3. The predicted molar refractivity (Wildman–Crippen MR) is 58.1 cm³/mol. The van der Waals surface area contributed by atoms with E-state index in [1.54, 1.807) is 0 Å². The van der Waals surface area contributed by atoms with Gasteiger partial charge in [-0.25, -0.2) is 8.78 Å². The third-order valence-corrected chi connectivity index (χ3v) is 2.41. The number of H-pyrrole nitrogens is 2. The van der Waals surface area contributed by atoms with Crippen LogP contribution in [-0.4, -0.2) is 21.3 Å². The molecule has 0 bridgehead atoms. The van der Waals surface area contributed by atoms with Gasteiger partial charge in [-0.15, -0.1) is 0 Å². The molecule has 1 aromatic carbocycles. The lowest BCUT2D eigenvalue weighted by atomic mass is 10.1. The van der Waals surface area contributed by atoms with E-state index in [2.05, 4.69) is 10.2 Å². The van der Waals surface area contributed by atoms with Crippen molar-refractivity contribution >= 4 is 5.97 Å². The van der Waals surface area contributed by atoms with Crippen molar-refractivity contribution < 1.29 is 18.7 Å². The van der Waals surface area contributed by atoms with E-state index in [1.807, 2.05) is 0 Å². The van der Waals surface area contributed by atoms with Crippen molar-refractivity contribution in [2.45, 2.75) is 6.42 Å². The third kappa shape index (κ3) is 2.15. The molecule has 0 unspecified atom stereocenters. The molecule has 0 aliphatic rings. The van der Waals surface area contributed by atoms with E-state index in [-0.39, 0.29) is 16.8 Å². The average Bonchev–Trinajstić information content (AvgIpc) is 2.60. The van der Waals surface area contributed by atoms with Crippen molar-refractivity contribution in [2.75, 3.05) is 0 Å². The van der Waals surface area contributed by atoms with Crippen LogP contribution in [0.4, 0.5) is 8.78 Å². The molecule has 0 aliphatic heterocycles. The van der Waals surface area contributed by atoms with Gasteiger partial charge in [0.05, 0.1) is 17.7 Å². The molecule has 0 aliphatic carbocycles. The van der Waals surface area contributed by atoms with Gasteiger partial charge in [-0.05, 0) is 12.1 Å². The number of aliphatic carboxylic acids is 1. The predicted octanol–water partition coefficient (Wildman–Crippen LogP) is 1.28. The van der Waals surface area contributed by atoms with Gasteiger partial charge in [0.15, 0.2) is 0 Å². The Hall–Kier alpha value is -2.44. The van der Waals surface area contributed by atoms with Gasteiger partial charge in [0.25, 0.3) is 5.56 Å². The zero-order valence-corrected chi connectivity index (χ0v) is 8.96. The van der Waals surface area contributed by atoms with Crippen molar-refractivity contribution in [2.24, 2.45) is 0 Å². The fourth-order valence-electron chi connectivity index (χ4n) is 1.63. The second-order valence-corrected chi connectivity index (χ2v) is 3.63. The lowest BCUT2D eigenvalue weighted by Gasteiger charge is -2.02. The molecule has 18 heavy (non-hydrogen) atoms. The fourth-order valence-corrected chi connectivity index (χ4v) is 1.63. The largest absolute Gasteiger partial charge is 0.481 e. The first kappa shape index (κ1) is 12.0. The molecule has 1 aromatic heterocycles. The number of hydrogen-bond acceptors (Lipinski definition) is 2. The monoisotopic (exact) mass is 254 g/mol. The Morgan fingerprint density at radius 3 is 2.61 bits per heavy atom. The van der Waals surface area contributed by atoms with Crippen LogP contribution in [0, 0.1) is 11.6 Å². The molecule has 94 valence electrons. The van der Waals surface area contributed by atoms with E-state index >= 15 is 0 Å². The summed E-state index contributed by atoms with van der Waals surface area (Å²) in [4.78, 5) is 22.0. The summed E-state index contributed by atoms with van der Waals surface area (Å²) in [5.41, 5.74) is -0.796. The molecule has 0 saturated heterocycles. The molecule has 3 N–H and O–H groups in total. The first-order chi connectivity index (χ1) is 8.49. The van der Waals surface area contributed by atoms with Crippen LogP contribution < -0.4 is 5.56 Å². The molecular formula is C11H8F2N2O3. The second kappa shape index (κ2) is 4.44. The number of benzene rings is 1. The molecule has 5 nitrogen and oxygen atoms in total. The van der Waals surface area contributed by atoms with Gasteiger partial charge >= 0.3 is 5.97 Å². The molecule has 2 rings (SSSR count). The van der Waals surface area contributed by atoms with E-state index in [0.29, 0.717) is 6.07 Å². The Morgan fingerprint density at radius 2 is 2.00 bits per heavy atom. The maximum atomic E-state index is 13.5. The second-order valence-electron chi connectivity index (χ2n) is 3.63. The van der Waals surface area contributed by atoms with Crippen LogP contribution in [0.3, 0.4) is 0 Å². The van der Waals surface area contributed by atoms with Crippen molar-refractivity contribution in [3.8, 4) is 11.3 Å². The van der Waals surface area contributed by atoms with Gasteiger partial charge in [0.1, 0.15) is 11.6 Å². The Bertz CT molecular complexity index is 661. The van der Waals surface area contributed by atoms with Gasteiger partial charge in [-0.1, -0.05) is 0 Å². The van der Waals surface area contributed by atoms with E-state index < -0.39 is 29.6 Å². The first-order valence-corrected chi connectivity index (χ1v) is 4.95. The van der Waals surface area contributed by atoms with Crippen LogP contribution in [0.2, 0.25) is 0 Å². The number of nitrogens with one attached hydrogen (secondary N) is 2. The summed E-state index contributed by atoms with van der Waals surface area (Å²) in [5, 5.41) is 13.2. The number of carboxylic acids is 1. The number of hydrogen-bond donors (Lipinski definition) is 3. The van der Waals surface area contributed by atoms with Crippen LogP contribution >= 0.6 is 0 Å². The van der Waals surface area contributed by atoms with E-state index in [1.165, 1.54) is 0 Å². The van der Waals surface area contributed by atoms with Gasteiger partial charge in [-0.3, -0.25) is 19.8 Å². The Labute approximate surface area is 99.1 Å². The molecular weight excluding hydrogens is 246 g/mol. The summed E-state index contributed by atoms with van der Waals surface area (Å²) < 4.78 is 26.3. The standard InChI is InChI=1S/C11H8F2N2O3/c12-5-1-2-6(8(13)3-5)10-7(4-9(16)17)11(18)15-14-10/h1-3H,4H2,(H,16,17)(H2,14,15,18). The molecule has 0 spiro atoms. The fraction of sp³-hybridized carbons (Fsp3) is 0.0909. The SMILES string of the molecule is O=C(O)Cc1c(-c2ccc(F)cc2F)[nH][nH]c1=O. The van der Waals surface area contributed by atoms with E-state index in [0.717, 1.165) is 12.1 Å². The van der Waals surface area contributed by atoms with Crippen LogP contribution in [-0.2, 0) is 11.2 Å². The van der Waals surface area contributed by atoms with Crippen molar-refractivity contribution in [1.82, 2.24) is 10.2 Å². The number of carbonyl (C=O) groups is 1. The topological polar surface area (TPSA) is 85.9 Å². The molecule has 7 heteroatoms. The lowest BCUT2D eigenvalue weighted by Crippen LogP contribution is -2.11. The molecule has 0 atom stereocenters. The molecule has 0 fully saturated rings. The normalized spacial score (nSPS) is 10.6. The van der Waals surface area contributed by atoms with Gasteiger partial charge in [0.2, 0.25) is 0 Å². The summed E-state index contributed by atoms with van der Waals surface area (Å²) in [7, 11) is 0. The third-order valence-electron chi connectivity index (χ3n) is 2.41. The minimum atomic E-state index is -1.22. The van der Waals surface area contributed by atoms with Crippen molar-refractivity contribution in [3.05, 3.63) is 45.8 Å². The highest BCUT2D eigenvalue weighted by Gasteiger charge is 2.17. The molecule has 0 radical (unpaired) electrons. The number of aromatic nitrogens is 2. The highest BCUT2D eigenvalue weighted by atomic mass is 19.1. The Morgan fingerprint density at radius 1 is 1.28 bits per heavy atom. The minimum absolute atomic E-state index is 0.0138. The highest BCUT2D eigenvalue weighted by molar-refractivity contribution is 5.74. The lowest BCUT2D eigenvalue weighted by molar-refractivity contribution is -0.136. The minimum Gasteiger partial charge on any atom is -0.481 e. The van der Waals surface area contributed by atoms with Crippen LogP contribution in [0.15, 0.2) is 23.0 Å². The maximum Gasteiger partial charge on any atom is 0.308 e. The van der Waals surface area contributed by atoms with Crippen LogP contribution in [0.1, 0.15) is 5.56 Å². The maximum absolute atomic E-state index is 13.5. The average molecular weight is 254 g/mol. The van der Waals surface area contributed by atoms with Gasteiger partial charge < -0.3 is 5.11 Å². The van der Waals surface area contributed by atoms with Crippen molar-refractivity contribution in [1.29, 1.82) is 0 Å². The summed E-state index contributed by atoms with van der Waals surface area (Å²) in [6.45, 7) is 0. The summed E-state index contributed by atoms with van der Waals surface area (Å²) in [6, 6.07) is 2.81. The smallest absolute Gasteiger partial charge is 0.308 e. The van der Waals surface area contributed by atoms with Crippen LogP contribution in [0.5, 0.6) is 0 Å². The highest BCUT2D eigenvalue weighted by Crippen LogP contribution is 2.23. The number of carboxylic acid groups (broad SMARTS) is 1. The van der Waals surface area contributed by atoms with Gasteiger partial charge in [-0.2, -0.15) is 0 Å². The van der Waals surface area contributed by atoms with E-state index in [9.17, 15) is 18.4 Å². The summed E-state index contributed by atoms with van der Waals surface area (Å²) >= 11 is 0. The number of halogens is 2. The first-order valence-electron chi connectivity index (χ1n) is 4.95. The quantitative estimate of drug-likeness (QED) is 0.771. The molecule has 2 aromatic rings. The number of aromatic amines is 2. The summed E-state index contributed by atoms with van der Waals surface area (Å²) in [6.07, 6.45) is -0.551. The molecule has 0 amide bonds. The zero-order valence-electron chi connectivity index (χ0n) is 8.96.